The molecule has 0 amide bonds. The molecule has 1 atom stereocenters. The van der Waals surface area contributed by atoms with Gasteiger partial charge in [-0.15, -0.1) is 0 Å². The lowest BCUT2D eigenvalue weighted by atomic mass is 9.96. The van der Waals surface area contributed by atoms with Crippen molar-refractivity contribution in [2.45, 2.75) is 46.1 Å². The molecule has 0 aromatic heterocycles. The number of Topliss-reactive ketones (excluding diaryl/α,β-unsaturated/α-hetero) is 1. The lowest BCUT2D eigenvalue weighted by Gasteiger charge is -2.21. The third-order valence-corrected chi connectivity index (χ3v) is 2.29. The summed E-state index contributed by atoms with van der Waals surface area (Å²) in [5, 5.41) is 0. The van der Waals surface area contributed by atoms with Gasteiger partial charge in [-0.25, -0.2) is 4.79 Å². The highest BCUT2D eigenvalue weighted by molar-refractivity contribution is 6.18. The molecule has 0 aromatic rings. The second-order valence-corrected chi connectivity index (χ2v) is 3.75. The summed E-state index contributed by atoms with van der Waals surface area (Å²) < 4.78 is 5.02. The molecule has 1 heterocycles. The molecule has 14 heavy (non-hydrogen) atoms. The first kappa shape index (κ1) is 11.0. The quantitative estimate of drug-likeness (QED) is 0.512. The van der Waals surface area contributed by atoms with Crippen LogP contribution in [-0.4, -0.2) is 17.9 Å². The zero-order chi connectivity index (χ0) is 10.7. The molecule has 0 radical (unpaired) electrons. The van der Waals surface area contributed by atoms with E-state index in [1.165, 1.54) is 0 Å². The minimum atomic E-state index is -0.445. The molecule has 1 aliphatic heterocycles. The fourth-order valence-corrected chi connectivity index (χ4v) is 1.69. The highest BCUT2D eigenvalue weighted by Crippen LogP contribution is 2.22. The fourth-order valence-electron chi connectivity index (χ4n) is 1.69. The zero-order valence-corrected chi connectivity index (χ0v) is 8.92. The van der Waals surface area contributed by atoms with Crippen molar-refractivity contribution in [2.24, 2.45) is 0 Å². The number of esters is 1. The van der Waals surface area contributed by atoms with Crippen molar-refractivity contribution in [3.8, 4) is 0 Å². The van der Waals surface area contributed by atoms with Crippen molar-refractivity contribution >= 4 is 11.8 Å². The summed E-state index contributed by atoms with van der Waals surface area (Å²) in [7, 11) is 0. The standard InChI is InChI=1S/C11H16O3/c1-4-5-9(12)10-7(2)6-8(3)14-11(10)13/h8H,4-6H2,1-3H3/t8-/m0/s1. The van der Waals surface area contributed by atoms with Gasteiger partial charge in [0.1, 0.15) is 11.7 Å². The van der Waals surface area contributed by atoms with Crippen LogP contribution in [0.5, 0.6) is 0 Å². The number of carbonyl (C=O) groups is 2. The van der Waals surface area contributed by atoms with E-state index in [1.54, 1.807) is 0 Å². The van der Waals surface area contributed by atoms with Crippen molar-refractivity contribution in [1.29, 1.82) is 0 Å². The minimum absolute atomic E-state index is 0.0816. The summed E-state index contributed by atoms with van der Waals surface area (Å²) in [6.45, 7) is 5.59. The van der Waals surface area contributed by atoms with Crippen LogP contribution in [0.3, 0.4) is 0 Å². The minimum Gasteiger partial charge on any atom is -0.459 e. The average Bonchev–Trinajstić information content (AvgIpc) is 2.01. The molecule has 0 aromatic carbocycles. The maximum Gasteiger partial charge on any atom is 0.341 e. The molecule has 0 saturated heterocycles. The molecule has 0 saturated carbocycles. The van der Waals surface area contributed by atoms with Crippen LogP contribution in [0.1, 0.15) is 40.0 Å². The number of hydrogen-bond acceptors (Lipinski definition) is 3. The SMILES string of the molecule is CCCC(=O)C1=C(C)C[C@H](C)OC1=O. The van der Waals surface area contributed by atoms with Gasteiger partial charge < -0.3 is 4.74 Å². The van der Waals surface area contributed by atoms with Crippen LogP contribution in [0.2, 0.25) is 0 Å². The van der Waals surface area contributed by atoms with Gasteiger partial charge in [0.2, 0.25) is 0 Å². The summed E-state index contributed by atoms with van der Waals surface area (Å²) in [6, 6.07) is 0. The molecular weight excluding hydrogens is 180 g/mol. The Morgan fingerprint density at radius 1 is 1.57 bits per heavy atom. The number of hydrogen-bond donors (Lipinski definition) is 0. The van der Waals surface area contributed by atoms with Gasteiger partial charge in [0.05, 0.1) is 0 Å². The van der Waals surface area contributed by atoms with Crippen molar-refractivity contribution in [3.05, 3.63) is 11.1 Å². The predicted octanol–water partition coefficient (Wildman–Crippen LogP) is 2.01. The Kier molecular flexibility index (Phi) is 3.44. The Balaban J connectivity index is 2.89. The van der Waals surface area contributed by atoms with Gasteiger partial charge in [0.25, 0.3) is 0 Å². The smallest absolute Gasteiger partial charge is 0.341 e. The van der Waals surface area contributed by atoms with Crippen LogP contribution in [0.15, 0.2) is 11.1 Å². The maximum absolute atomic E-state index is 11.6. The molecule has 3 nitrogen and oxygen atoms in total. The van der Waals surface area contributed by atoms with Gasteiger partial charge in [0, 0.05) is 12.8 Å². The van der Waals surface area contributed by atoms with E-state index in [-0.39, 0.29) is 17.5 Å². The highest BCUT2D eigenvalue weighted by Gasteiger charge is 2.28. The van der Waals surface area contributed by atoms with E-state index in [0.29, 0.717) is 12.8 Å². The third kappa shape index (κ3) is 2.22. The summed E-state index contributed by atoms with van der Waals surface area (Å²) in [5.41, 5.74) is 1.15. The van der Waals surface area contributed by atoms with Gasteiger partial charge >= 0.3 is 5.97 Å². The lowest BCUT2D eigenvalue weighted by Crippen LogP contribution is -2.27. The normalized spacial score (nSPS) is 22.2. The van der Waals surface area contributed by atoms with E-state index in [2.05, 4.69) is 0 Å². The van der Waals surface area contributed by atoms with Gasteiger partial charge in [-0.3, -0.25) is 4.79 Å². The van der Waals surface area contributed by atoms with E-state index in [0.717, 1.165) is 12.0 Å². The Morgan fingerprint density at radius 3 is 2.71 bits per heavy atom. The van der Waals surface area contributed by atoms with Crippen LogP contribution in [0.4, 0.5) is 0 Å². The van der Waals surface area contributed by atoms with Gasteiger partial charge in [-0.2, -0.15) is 0 Å². The van der Waals surface area contributed by atoms with E-state index in [4.69, 9.17) is 4.74 Å². The van der Waals surface area contributed by atoms with E-state index < -0.39 is 5.97 Å². The Hall–Kier alpha value is -1.12. The summed E-state index contributed by atoms with van der Waals surface area (Å²) in [5.74, 6) is -0.526. The van der Waals surface area contributed by atoms with Crippen molar-refractivity contribution in [3.63, 3.8) is 0 Å². The van der Waals surface area contributed by atoms with Crippen LogP contribution in [0.25, 0.3) is 0 Å². The summed E-state index contributed by atoms with van der Waals surface area (Å²) in [4.78, 5) is 23.0. The molecule has 0 spiro atoms. The molecular formula is C11H16O3. The molecule has 0 N–H and O–H groups in total. The van der Waals surface area contributed by atoms with Crippen LogP contribution in [0, 0.1) is 0 Å². The second kappa shape index (κ2) is 4.40. The Labute approximate surface area is 84.1 Å². The van der Waals surface area contributed by atoms with Crippen molar-refractivity contribution < 1.29 is 14.3 Å². The average molecular weight is 196 g/mol. The fraction of sp³-hybridized carbons (Fsp3) is 0.636. The Morgan fingerprint density at radius 2 is 2.21 bits per heavy atom. The number of ketones is 1. The molecule has 0 bridgehead atoms. The van der Waals surface area contributed by atoms with Gasteiger partial charge in [-0.1, -0.05) is 12.5 Å². The largest absolute Gasteiger partial charge is 0.459 e. The van der Waals surface area contributed by atoms with Crippen LogP contribution in [-0.2, 0) is 14.3 Å². The molecule has 3 heteroatoms. The zero-order valence-electron chi connectivity index (χ0n) is 8.92. The molecule has 78 valence electrons. The van der Waals surface area contributed by atoms with Crippen LogP contribution < -0.4 is 0 Å². The molecule has 1 aliphatic rings. The monoisotopic (exact) mass is 196 g/mol. The van der Waals surface area contributed by atoms with Crippen LogP contribution >= 0.6 is 0 Å². The van der Waals surface area contributed by atoms with Crippen molar-refractivity contribution in [2.75, 3.05) is 0 Å². The number of ether oxygens (including phenoxy) is 1. The first-order chi connectivity index (χ1) is 6.56. The number of rotatable bonds is 3. The van der Waals surface area contributed by atoms with Gasteiger partial charge in [-0.05, 0) is 20.3 Å². The van der Waals surface area contributed by atoms with Gasteiger partial charge in [0.15, 0.2) is 5.78 Å². The summed E-state index contributed by atoms with van der Waals surface area (Å²) >= 11 is 0. The first-order valence-electron chi connectivity index (χ1n) is 5.00. The second-order valence-electron chi connectivity index (χ2n) is 3.75. The van der Waals surface area contributed by atoms with Crippen molar-refractivity contribution in [1.82, 2.24) is 0 Å². The Bertz CT molecular complexity index is 289. The third-order valence-electron chi connectivity index (χ3n) is 2.29. The summed E-state index contributed by atoms with van der Waals surface area (Å²) in [6.07, 6.45) is 1.77. The molecule has 0 unspecified atom stereocenters. The molecule has 0 aliphatic carbocycles. The first-order valence-corrected chi connectivity index (χ1v) is 5.00. The van der Waals surface area contributed by atoms with E-state index >= 15 is 0 Å². The van der Waals surface area contributed by atoms with E-state index in [1.807, 2.05) is 20.8 Å². The molecule has 0 fully saturated rings. The lowest BCUT2D eigenvalue weighted by molar-refractivity contribution is -0.146. The maximum atomic E-state index is 11.6. The van der Waals surface area contributed by atoms with E-state index in [9.17, 15) is 9.59 Å². The number of carbonyl (C=O) groups excluding carboxylic acids is 2. The predicted molar refractivity (Wildman–Crippen MR) is 52.8 cm³/mol. The topological polar surface area (TPSA) is 43.4 Å². The highest BCUT2D eigenvalue weighted by atomic mass is 16.5. The molecule has 1 rings (SSSR count). The number of cyclic esters (lactones) is 1.